The molecule has 0 aliphatic rings. The van der Waals surface area contributed by atoms with E-state index in [0.717, 1.165) is 15.2 Å². The third kappa shape index (κ3) is 1.60. The van der Waals surface area contributed by atoms with Crippen molar-refractivity contribution < 1.29 is 4.74 Å². The summed E-state index contributed by atoms with van der Waals surface area (Å²) in [6.07, 6.45) is 0. The summed E-state index contributed by atoms with van der Waals surface area (Å²) in [6.45, 7) is 0. The number of hydrogen-bond acceptors (Lipinski definition) is 1. The number of benzene rings is 2. The lowest BCUT2D eigenvalue weighted by Gasteiger charge is -2.06. The van der Waals surface area contributed by atoms with Gasteiger partial charge in [0.1, 0.15) is 5.75 Å². The molecule has 0 bridgehead atoms. The van der Waals surface area contributed by atoms with Gasteiger partial charge in [-0.25, -0.2) is 0 Å². The van der Waals surface area contributed by atoms with E-state index in [1.54, 1.807) is 7.11 Å². The van der Waals surface area contributed by atoms with Crippen LogP contribution < -0.4 is 4.74 Å². The Labute approximate surface area is 95.8 Å². The van der Waals surface area contributed by atoms with Gasteiger partial charge in [-0.15, -0.1) is 0 Å². The molecule has 0 amide bonds. The zero-order chi connectivity index (χ0) is 10.1. The molecule has 0 atom stereocenters. The second kappa shape index (κ2) is 3.79. The van der Waals surface area contributed by atoms with Crippen molar-refractivity contribution in [2.24, 2.45) is 0 Å². The van der Waals surface area contributed by atoms with Crippen LogP contribution in [0.2, 0.25) is 5.02 Å². The quantitative estimate of drug-likeness (QED) is 0.753. The highest BCUT2D eigenvalue weighted by molar-refractivity contribution is 9.10. The van der Waals surface area contributed by atoms with Gasteiger partial charge in [-0.05, 0) is 23.6 Å². The molecule has 3 heteroatoms. The van der Waals surface area contributed by atoms with Crippen LogP contribution in [-0.2, 0) is 0 Å². The first kappa shape index (κ1) is 9.81. The van der Waals surface area contributed by atoms with E-state index in [1.807, 2.05) is 30.3 Å². The fraction of sp³-hybridized carbons (Fsp3) is 0.0909. The van der Waals surface area contributed by atoms with Gasteiger partial charge in [0.25, 0.3) is 0 Å². The van der Waals surface area contributed by atoms with Crippen LogP contribution in [0.3, 0.4) is 0 Å². The van der Waals surface area contributed by atoms with Crippen LogP contribution in [0, 0.1) is 0 Å². The molecule has 72 valence electrons. The SMILES string of the molecule is COc1ccc2cc(Br)ccc2c1Cl. The lowest BCUT2D eigenvalue weighted by Crippen LogP contribution is -1.84. The standard InChI is InChI=1S/C11H8BrClO/c1-14-10-5-2-7-6-8(12)3-4-9(7)11(10)13/h2-6H,1H3. The summed E-state index contributed by atoms with van der Waals surface area (Å²) in [4.78, 5) is 0. The first-order chi connectivity index (χ1) is 6.72. The van der Waals surface area contributed by atoms with Gasteiger partial charge in [0.2, 0.25) is 0 Å². The van der Waals surface area contributed by atoms with Crippen molar-refractivity contribution in [3.05, 3.63) is 39.8 Å². The van der Waals surface area contributed by atoms with Crippen LogP contribution in [0.25, 0.3) is 10.8 Å². The van der Waals surface area contributed by atoms with Gasteiger partial charge in [0.05, 0.1) is 12.1 Å². The lowest BCUT2D eigenvalue weighted by atomic mass is 10.1. The van der Waals surface area contributed by atoms with Crippen LogP contribution in [0.15, 0.2) is 34.8 Å². The predicted molar refractivity (Wildman–Crippen MR) is 63.2 cm³/mol. The van der Waals surface area contributed by atoms with Crippen molar-refractivity contribution in [2.45, 2.75) is 0 Å². The highest BCUT2D eigenvalue weighted by Crippen LogP contribution is 2.33. The van der Waals surface area contributed by atoms with E-state index in [9.17, 15) is 0 Å². The van der Waals surface area contributed by atoms with E-state index in [0.29, 0.717) is 10.8 Å². The van der Waals surface area contributed by atoms with Crippen LogP contribution in [0.1, 0.15) is 0 Å². The molecule has 0 aliphatic heterocycles. The first-order valence-corrected chi connectivity index (χ1v) is 5.31. The second-order valence-corrected chi connectivity index (χ2v) is 4.24. The molecule has 0 spiro atoms. The normalized spacial score (nSPS) is 10.5. The van der Waals surface area contributed by atoms with E-state index < -0.39 is 0 Å². The minimum Gasteiger partial charge on any atom is -0.495 e. The smallest absolute Gasteiger partial charge is 0.138 e. The van der Waals surface area contributed by atoms with Gasteiger partial charge in [-0.3, -0.25) is 0 Å². The van der Waals surface area contributed by atoms with Crippen LogP contribution in [0.5, 0.6) is 5.75 Å². The van der Waals surface area contributed by atoms with E-state index in [1.165, 1.54) is 0 Å². The minimum absolute atomic E-state index is 0.664. The first-order valence-electron chi connectivity index (χ1n) is 4.14. The molecule has 1 nitrogen and oxygen atoms in total. The molecule has 0 heterocycles. The molecule has 0 saturated heterocycles. The number of fused-ring (bicyclic) bond motifs is 1. The maximum Gasteiger partial charge on any atom is 0.138 e. The summed E-state index contributed by atoms with van der Waals surface area (Å²) in [5.74, 6) is 0.710. The van der Waals surface area contributed by atoms with Crippen LogP contribution in [0.4, 0.5) is 0 Å². The van der Waals surface area contributed by atoms with Crippen molar-refractivity contribution in [1.82, 2.24) is 0 Å². The van der Waals surface area contributed by atoms with Crippen molar-refractivity contribution in [2.75, 3.05) is 7.11 Å². The Hall–Kier alpha value is -0.730. The average molecular weight is 272 g/mol. The van der Waals surface area contributed by atoms with Gasteiger partial charge in [0.15, 0.2) is 0 Å². The van der Waals surface area contributed by atoms with Crippen LogP contribution >= 0.6 is 27.5 Å². The Balaban J connectivity index is 2.77. The van der Waals surface area contributed by atoms with Crippen LogP contribution in [-0.4, -0.2) is 7.11 Å². The van der Waals surface area contributed by atoms with Crippen molar-refractivity contribution in [3.63, 3.8) is 0 Å². The van der Waals surface area contributed by atoms with Crippen molar-refractivity contribution >= 4 is 38.3 Å². The lowest BCUT2D eigenvalue weighted by molar-refractivity contribution is 0.415. The molecule has 0 aromatic heterocycles. The molecule has 0 saturated carbocycles. The Morgan fingerprint density at radius 1 is 1.21 bits per heavy atom. The molecule has 2 rings (SSSR count). The van der Waals surface area contributed by atoms with Gasteiger partial charge >= 0.3 is 0 Å². The number of rotatable bonds is 1. The summed E-state index contributed by atoms with van der Waals surface area (Å²) in [7, 11) is 1.62. The Morgan fingerprint density at radius 3 is 2.71 bits per heavy atom. The van der Waals surface area contributed by atoms with Gasteiger partial charge in [-0.1, -0.05) is 39.7 Å². The van der Waals surface area contributed by atoms with Gasteiger partial charge < -0.3 is 4.74 Å². The summed E-state index contributed by atoms with van der Waals surface area (Å²) >= 11 is 9.57. The number of halogens is 2. The summed E-state index contributed by atoms with van der Waals surface area (Å²) in [5, 5.41) is 2.77. The Bertz CT molecular complexity index is 482. The fourth-order valence-corrected chi connectivity index (χ4v) is 2.09. The maximum atomic E-state index is 6.15. The molecule has 14 heavy (non-hydrogen) atoms. The molecule has 0 aliphatic carbocycles. The van der Waals surface area contributed by atoms with E-state index in [-0.39, 0.29) is 0 Å². The summed E-state index contributed by atoms with van der Waals surface area (Å²) in [5.41, 5.74) is 0. The Morgan fingerprint density at radius 2 is 2.00 bits per heavy atom. The summed E-state index contributed by atoms with van der Waals surface area (Å²) in [6, 6.07) is 9.83. The fourth-order valence-electron chi connectivity index (χ4n) is 1.40. The zero-order valence-electron chi connectivity index (χ0n) is 7.55. The highest BCUT2D eigenvalue weighted by atomic mass is 79.9. The van der Waals surface area contributed by atoms with E-state index >= 15 is 0 Å². The molecule has 2 aromatic carbocycles. The number of hydrogen-bond donors (Lipinski definition) is 0. The predicted octanol–water partition coefficient (Wildman–Crippen LogP) is 4.26. The van der Waals surface area contributed by atoms with E-state index in [4.69, 9.17) is 16.3 Å². The summed E-state index contributed by atoms with van der Waals surface area (Å²) < 4.78 is 6.19. The van der Waals surface area contributed by atoms with Crippen molar-refractivity contribution in [1.29, 1.82) is 0 Å². The number of methoxy groups -OCH3 is 1. The van der Waals surface area contributed by atoms with Gasteiger partial charge in [-0.2, -0.15) is 0 Å². The third-order valence-corrected chi connectivity index (χ3v) is 2.98. The largest absolute Gasteiger partial charge is 0.495 e. The minimum atomic E-state index is 0.664. The highest BCUT2D eigenvalue weighted by Gasteiger charge is 2.05. The molecule has 0 unspecified atom stereocenters. The zero-order valence-corrected chi connectivity index (χ0v) is 9.89. The van der Waals surface area contributed by atoms with Gasteiger partial charge in [0, 0.05) is 9.86 Å². The molecule has 0 fully saturated rings. The Kier molecular flexibility index (Phi) is 2.66. The topological polar surface area (TPSA) is 9.23 Å². The molecular formula is C11H8BrClO. The second-order valence-electron chi connectivity index (χ2n) is 2.95. The molecule has 0 radical (unpaired) electrons. The molecule has 0 N–H and O–H groups in total. The van der Waals surface area contributed by atoms with E-state index in [2.05, 4.69) is 15.9 Å². The van der Waals surface area contributed by atoms with Crippen molar-refractivity contribution in [3.8, 4) is 5.75 Å². The molecular weight excluding hydrogens is 263 g/mol. The monoisotopic (exact) mass is 270 g/mol. The average Bonchev–Trinajstić information content (AvgIpc) is 2.18. The number of ether oxygens (including phenoxy) is 1. The maximum absolute atomic E-state index is 6.15. The third-order valence-electron chi connectivity index (χ3n) is 2.10. The molecule has 2 aromatic rings.